The van der Waals surface area contributed by atoms with E-state index in [1.165, 1.54) is 16.5 Å². The molecule has 0 fully saturated rings. The molecule has 0 atom stereocenters. The molecule has 0 bridgehead atoms. The van der Waals surface area contributed by atoms with E-state index < -0.39 is 0 Å². The average Bonchev–Trinajstić information content (AvgIpc) is 2.73. The predicted octanol–water partition coefficient (Wildman–Crippen LogP) is 3.86. The van der Waals surface area contributed by atoms with Gasteiger partial charge >= 0.3 is 0 Å². The number of benzene rings is 1. The summed E-state index contributed by atoms with van der Waals surface area (Å²) in [5.41, 5.74) is 3.58. The quantitative estimate of drug-likeness (QED) is 0.647. The van der Waals surface area contributed by atoms with Gasteiger partial charge in [0.1, 0.15) is 11.5 Å². The fraction of sp³-hybridized carbons (Fsp3) is 0.250. The van der Waals surface area contributed by atoms with E-state index in [1.807, 2.05) is 13.1 Å². The number of fused-ring (bicyclic) bond motifs is 3. The molecular weight excluding hydrogens is 234 g/mol. The molecule has 0 aliphatic heterocycles. The van der Waals surface area contributed by atoms with Crippen molar-refractivity contribution < 1.29 is 0 Å². The van der Waals surface area contributed by atoms with Gasteiger partial charge in [0.25, 0.3) is 0 Å². The molecule has 0 saturated heterocycles. The molecule has 3 aromatic rings. The Hall–Kier alpha value is -2.16. The zero-order valence-electron chi connectivity index (χ0n) is 11.5. The van der Waals surface area contributed by atoms with E-state index in [4.69, 9.17) is 0 Å². The molecular formula is C16H17N3. The van der Waals surface area contributed by atoms with E-state index in [0.29, 0.717) is 0 Å². The summed E-state index contributed by atoms with van der Waals surface area (Å²) in [6, 6.07) is 8.42. The number of allylic oxidation sites excluding steroid dienone is 2. The Labute approximate surface area is 112 Å². The SMILES string of the molecule is C/C=C(\C)Cn1c2ccccc2c2cnc(C)nc21. The van der Waals surface area contributed by atoms with Crippen molar-refractivity contribution in [1.82, 2.24) is 14.5 Å². The maximum atomic E-state index is 4.62. The first-order valence-electron chi connectivity index (χ1n) is 6.53. The Bertz CT molecular complexity index is 781. The van der Waals surface area contributed by atoms with Gasteiger partial charge in [-0.25, -0.2) is 9.97 Å². The molecule has 3 heteroatoms. The Morgan fingerprint density at radius 3 is 2.84 bits per heavy atom. The number of aryl methyl sites for hydroxylation is 1. The highest BCUT2D eigenvalue weighted by atomic mass is 15.1. The lowest BCUT2D eigenvalue weighted by Gasteiger charge is -2.06. The van der Waals surface area contributed by atoms with Crippen molar-refractivity contribution in [2.75, 3.05) is 0 Å². The molecule has 0 aliphatic rings. The van der Waals surface area contributed by atoms with Gasteiger partial charge in [0.2, 0.25) is 0 Å². The van der Waals surface area contributed by atoms with Crippen LogP contribution < -0.4 is 0 Å². The lowest BCUT2D eigenvalue weighted by molar-refractivity contribution is 0.830. The molecule has 0 aliphatic carbocycles. The summed E-state index contributed by atoms with van der Waals surface area (Å²) in [4.78, 5) is 8.96. The fourth-order valence-electron chi connectivity index (χ4n) is 2.41. The maximum absolute atomic E-state index is 4.62. The van der Waals surface area contributed by atoms with Gasteiger partial charge in [0, 0.05) is 23.5 Å². The first-order chi connectivity index (χ1) is 9.20. The first-order valence-corrected chi connectivity index (χ1v) is 6.53. The summed E-state index contributed by atoms with van der Waals surface area (Å²) in [5.74, 6) is 0.815. The van der Waals surface area contributed by atoms with E-state index in [1.54, 1.807) is 0 Å². The second-order valence-electron chi connectivity index (χ2n) is 4.89. The molecule has 0 unspecified atom stereocenters. The number of para-hydroxylation sites is 1. The van der Waals surface area contributed by atoms with Crippen molar-refractivity contribution in [3.05, 3.63) is 47.9 Å². The summed E-state index contributed by atoms with van der Waals surface area (Å²) < 4.78 is 2.27. The van der Waals surface area contributed by atoms with Gasteiger partial charge in [-0.05, 0) is 26.8 Å². The average molecular weight is 251 g/mol. The van der Waals surface area contributed by atoms with Crippen LogP contribution in [0, 0.1) is 6.92 Å². The molecule has 0 saturated carbocycles. The summed E-state index contributed by atoms with van der Waals surface area (Å²) in [5, 5.41) is 2.35. The van der Waals surface area contributed by atoms with Gasteiger partial charge in [-0.15, -0.1) is 0 Å². The van der Waals surface area contributed by atoms with Crippen LogP contribution in [0.5, 0.6) is 0 Å². The highest BCUT2D eigenvalue weighted by Gasteiger charge is 2.11. The largest absolute Gasteiger partial charge is 0.321 e. The van der Waals surface area contributed by atoms with Gasteiger partial charge in [0.05, 0.1) is 5.52 Å². The van der Waals surface area contributed by atoms with Crippen LogP contribution in [-0.2, 0) is 6.54 Å². The smallest absolute Gasteiger partial charge is 0.145 e. The number of hydrogen-bond donors (Lipinski definition) is 0. The van der Waals surface area contributed by atoms with Crippen LogP contribution in [-0.4, -0.2) is 14.5 Å². The van der Waals surface area contributed by atoms with Crippen LogP contribution in [0.2, 0.25) is 0 Å². The lowest BCUT2D eigenvalue weighted by atomic mass is 10.2. The number of rotatable bonds is 2. The van der Waals surface area contributed by atoms with Crippen molar-refractivity contribution in [3.63, 3.8) is 0 Å². The van der Waals surface area contributed by atoms with Crippen molar-refractivity contribution in [1.29, 1.82) is 0 Å². The van der Waals surface area contributed by atoms with Gasteiger partial charge in [0.15, 0.2) is 0 Å². The van der Waals surface area contributed by atoms with Gasteiger partial charge in [-0.3, -0.25) is 0 Å². The minimum atomic E-state index is 0.815. The van der Waals surface area contributed by atoms with Crippen molar-refractivity contribution in [3.8, 4) is 0 Å². The van der Waals surface area contributed by atoms with E-state index in [9.17, 15) is 0 Å². The summed E-state index contributed by atoms with van der Waals surface area (Å²) in [6.45, 7) is 7.03. The topological polar surface area (TPSA) is 30.7 Å². The van der Waals surface area contributed by atoms with Crippen molar-refractivity contribution >= 4 is 21.9 Å². The molecule has 2 aromatic heterocycles. The van der Waals surface area contributed by atoms with E-state index in [0.717, 1.165) is 23.4 Å². The zero-order valence-corrected chi connectivity index (χ0v) is 11.5. The highest BCUT2D eigenvalue weighted by Crippen LogP contribution is 2.27. The monoisotopic (exact) mass is 251 g/mol. The molecule has 3 nitrogen and oxygen atoms in total. The molecule has 1 aromatic carbocycles. The van der Waals surface area contributed by atoms with Gasteiger partial charge in [-0.2, -0.15) is 0 Å². The third-order valence-electron chi connectivity index (χ3n) is 3.53. The maximum Gasteiger partial charge on any atom is 0.145 e. The summed E-state index contributed by atoms with van der Waals surface area (Å²) in [7, 11) is 0. The molecule has 96 valence electrons. The Kier molecular flexibility index (Phi) is 2.82. The van der Waals surface area contributed by atoms with E-state index >= 15 is 0 Å². The third kappa shape index (κ3) is 1.91. The number of nitrogens with zero attached hydrogens (tertiary/aromatic N) is 3. The number of hydrogen-bond acceptors (Lipinski definition) is 2. The number of aromatic nitrogens is 3. The highest BCUT2D eigenvalue weighted by molar-refractivity contribution is 6.06. The first kappa shape index (κ1) is 11.9. The molecule has 0 radical (unpaired) electrons. The molecule has 2 heterocycles. The zero-order chi connectivity index (χ0) is 13.4. The van der Waals surface area contributed by atoms with E-state index in [-0.39, 0.29) is 0 Å². The van der Waals surface area contributed by atoms with E-state index in [2.05, 4.69) is 58.7 Å². The second-order valence-corrected chi connectivity index (χ2v) is 4.89. The predicted molar refractivity (Wildman–Crippen MR) is 79.2 cm³/mol. The van der Waals surface area contributed by atoms with Crippen molar-refractivity contribution in [2.24, 2.45) is 0 Å². The van der Waals surface area contributed by atoms with Crippen LogP contribution in [0.3, 0.4) is 0 Å². The minimum absolute atomic E-state index is 0.815. The standard InChI is InChI=1S/C16H17N3/c1-4-11(2)10-19-15-8-6-5-7-13(15)14-9-17-12(3)18-16(14)19/h4-9H,10H2,1-3H3/b11-4+. The normalized spacial score (nSPS) is 12.5. The molecule has 0 spiro atoms. The second kappa shape index (κ2) is 4.50. The summed E-state index contributed by atoms with van der Waals surface area (Å²) in [6.07, 6.45) is 4.08. The molecule has 3 rings (SSSR count). The molecule has 0 amide bonds. The molecule has 19 heavy (non-hydrogen) atoms. The van der Waals surface area contributed by atoms with Gasteiger partial charge in [-0.1, -0.05) is 29.8 Å². The van der Waals surface area contributed by atoms with Gasteiger partial charge < -0.3 is 4.57 Å². The Morgan fingerprint density at radius 2 is 2.05 bits per heavy atom. The third-order valence-corrected chi connectivity index (χ3v) is 3.53. The summed E-state index contributed by atoms with van der Waals surface area (Å²) >= 11 is 0. The molecule has 0 N–H and O–H groups in total. The minimum Gasteiger partial charge on any atom is -0.321 e. The Morgan fingerprint density at radius 1 is 1.26 bits per heavy atom. The van der Waals surface area contributed by atoms with Crippen LogP contribution in [0.1, 0.15) is 19.7 Å². The van der Waals surface area contributed by atoms with Crippen molar-refractivity contribution in [2.45, 2.75) is 27.3 Å². The Balaban J connectivity index is 2.39. The van der Waals surface area contributed by atoms with Crippen LogP contribution >= 0.6 is 0 Å². The van der Waals surface area contributed by atoms with Crippen LogP contribution in [0.25, 0.3) is 21.9 Å². The van der Waals surface area contributed by atoms with Crippen LogP contribution in [0.15, 0.2) is 42.1 Å². The van der Waals surface area contributed by atoms with Crippen LogP contribution in [0.4, 0.5) is 0 Å². The lowest BCUT2D eigenvalue weighted by Crippen LogP contribution is -2.01. The fourth-order valence-corrected chi connectivity index (χ4v) is 2.41.